The quantitative estimate of drug-likeness (QED) is 0.812. The molecule has 96 valence electrons. The van der Waals surface area contributed by atoms with E-state index in [-0.39, 0.29) is 5.92 Å². The van der Waals surface area contributed by atoms with Crippen molar-refractivity contribution in [1.82, 2.24) is 5.32 Å². The van der Waals surface area contributed by atoms with Crippen LogP contribution in [-0.2, 0) is 14.3 Å². The second kappa shape index (κ2) is 6.54. The summed E-state index contributed by atoms with van der Waals surface area (Å²) in [5.41, 5.74) is 0.376. The average molecular weight is 249 g/mol. The SMILES string of the molecule is CC(C)C(=O)OCC(=O)NC(=O)c1ccccc1. The lowest BCUT2D eigenvalue weighted by molar-refractivity contribution is -0.151. The van der Waals surface area contributed by atoms with Gasteiger partial charge >= 0.3 is 5.97 Å². The molecule has 0 bridgehead atoms. The summed E-state index contributed by atoms with van der Waals surface area (Å²) in [5.74, 6) is -1.93. The first-order valence-corrected chi connectivity index (χ1v) is 5.56. The van der Waals surface area contributed by atoms with Crippen molar-refractivity contribution in [1.29, 1.82) is 0 Å². The normalized spacial score (nSPS) is 9.94. The molecule has 0 saturated carbocycles. The van der Waals surface area contributed by atoms with Crippen LogP contribution in [0, 0.1) is 5.92 Å². The highest BCUT2D eigenvalue weighted by Gasteiger charge is 2.13. The van der Waals surface area contributed by atoms with Crippen molar-refractivity contribution in [2.75, 3.05) is 6.61 Å². The summed E-state index contributed by atoms with van der Waals surface area (Å²) in [5, 5.41) is 2.14. The molecule has 0 radical (unpaired) electrons. The lowest BCUT2D eigenvalue weighted by atomic mass is 10.2. The molecule has 0 heterocycles. The summed E-state index contributed by atoms with van der Waals surface area (Å²) in [6, 6.07) is 8.32. The van der Waals surface area contributed by atoms with Crippen LogP contribution in [-0.4, -0.2) is 24.4 Å². The van der Waals surface area contributed by atoms with Gasteiger partial charge in [-0.25, -0.2) is 0 Å². The minimum absolute atomic E-state index is 0.303. The molecular weight excluding hydrogens is 234 g/mol. The van der Waals surface area contributed by atoms with Crippen LogP contribution in [0.15, 0.2) is 30.3 Å². The second-order valence-electron chi connectivity index (χ2n) is 4.01. The summed E-state index contributed by atoms with van der Waals surface area (Å²) < 4.78 is 4.70. The maximum absolute atomic E-state index is 11.6. The number of hydrogen-bond acceptors (Lipinski definition) is 4. The van der Waals surface area contributed by atoms with Crippen LogP contribution in [0.25, 0.3) is 0 Å². The van der Waals surface area contributed by atoms with Crippen LogP contribution in [0.2, 0.25) is 0 Å². The second-order valence-corrected chi connectivity index (χ2v) is 4.01. The lowest BCUT2D eigenvalue weighted by Gasteiger charge is -2.07. The zero-order chi connectivity index (χ0) is 13.5. The monoisotopic (exact) mass is 249 g/mol. The number of imide groups is 1. The summed E-state index contributed by atoms with van der Waals surface area (Å²) in [6.07, 6.45) is 0. The number of rotatable bonds is 4. The topological polar surface area (TPSA) is 72.5 Å². The van der Waals surface area contributed by atoms with E-state index in [1.807, 2.05) is 0 Å². The zero-order valence-electron chi connectivity index (χ0n) is 10.3. The van der Waals surface area contributed by atoms with Gasteiger partial charge in [0.25, 0.3) is 11.8 Å². The Hall–Kier alpha value is -2.17. The van der Waals surface area contributed by atoms with Crippen molar-refractivity contribution in [3.8, 4) is 0 Å². The number of benzene rings is 1. The summed E-state index contributed by atoms with van der Waals surface area (Å²) >= 11 is 0. The molecule has 0 unspecified atom stereocenters. The molecule has 5 heteroatoms. The molecule has 1 aromatic carbocycles. The molecule has 0 aliphatic heterocycles. The number of esters is 1. The van der Waals surface area contributed by atoms with Crippen LogP contribution in [0.5, 0.6) is 0 Å². The van der Waals surface area contributed by atoms with E-state index in [0.29, 0.717) is 5.56 Å². The van der Waals surface area contributed by atoms with Crippen LogP contribution in [0.4, 0.5) is 0 Å². The first-order valence-electron chi connectivity index (χ1n) is 5.56. The van der Waals surface area contributed by atoms with Crippen LogP contribution < -0.4 is 5.32 Å². The Labute approximate surface area is 105 Å². The van der Waals surface area contributed by atoms with Gasteiger partial charge in [-0.05, 0) is 12.1 Å². The maximum atomic E-state index is 11.6. The largest absolute Gasteiger partial charge is 0.455 e. The fourth-order valence-corrected chi connectivity index (χ4v) is 1.13. The molecule has 1 aromatic rings. The Morgan fingerprint density at radius 1 is 1.17 bits per heavy atom. The van der Waals surface area contributed by atoms with Crippen molar-refractivity contribution < 1.29 is 19.1 Å². The number of nitrogens with one attached hydrogen (secondary N) is 1. The Morgan fingerprint density at radius 3 is 2.33 bits per heavy atom. The van der Waals surface area contributed by atoms with E-state index >= 15 is 0 Å². The number of carbonyl (C=O) groups is 3. The molecule has 0 aliphatic carbocycles. The highest BCUT2D eigenvalue weighted by atomic mass is 16.5. The molecule has 2 amide bonds. The molecular formula is C13H15NO4. The van der Waals surface area contributed by atoms with Crippen molar-refractivity contribution >= 4 is 17.8 Å². The highest BCUT2D eigenvalue weighted by Crippen LogP contribution is 1.98. The van der Waals surface area contributed by atoms with Gasteiger partial charge in [0.1, 0.15) is 0 Å². The Balaban J connectivity index is 2.42. The molecule has 0 aliphatic rings. The molecule has 0 aromatic heterocycles. The van der Waals surface area contributed by atoms with E-state index in [4.69, 9.17) is 4.74 Å². The van der Waals surface area contributed by atoms with Gasteiger partial charge in [0.2, 0.25) is 0 Å². The van der Waals surface area contributed by atoms with Crippen LogP contribution >= 0.6 is 0 Å². The zero-order valence-corrected chi connectivity index (χ0v) is 10.3. The van der Waals surface area contributed by atoms with Gasteiger partial charge in [0, 0.05) is 5.56 Å². The Morgan fingerprint density at radius 2 is 1.78 bits per heavy atom. The predicted molar refractivity (Wildman–Crippen MR) is 64.7 cm³/mol. The minimum atomic E-state index is -0.641. The molecule has 18 heavy (non-hydrogen) atoms. The van der Waals surface area contributed by atoms with Gasteiger partial charge in [-0.3, -0.25) is 19.7 Å². The smallest absolute Gasteiger partial charge is 0.308 e. The van der Waals surface area contributed by atoms with Gasteiger partial charge in [-0.15, -0.1) is 0 Å². The van der Waals surface area contributed by atoms with Gasteiger partial charge < -0.3 is 4.74 Å². The van der Waals surface area contributed by atoms with E-state index in [1.165, 1.54) is 0 Å². The maximum Gasteiger partial charge on any atom is 0.308 e. The van der Waals surface area contributed by atoms with E-state index in [9.17, 15) is 14.4 Å². The van der Waals surface area contributed by atoms with Crippen molar-refractivity contribution in [3.05, 3.63) is 35.9 Å². The molecule has 1 N–H and O–H groups in total. The number of amides is 2. The number of carbonyl (C=O) groups excluding carboxylic acids is 3. The molecule has 5 nitrogen and oxygen atoms in total. The van der Waals surface area contributed by atoms with Gasteiger partial charge in [0.05, 0.1) is 5.92 Å². The van der Waals surface area contributed by atoms with Gasteiger partial charge in [-0.2, -0.15) is 0 Å². The summed E-state index contributed by atoms with van der Waals surface area (Å²) in [6.45, 7) is 2.88. The molecule has 0 spiro atoms. The van der Waals surface area contributed by atoms with E-state index < -0.39 is 24.4 Å². The van der Waals surface area contributed by atoms with E-state index in [2.05, 4.69) is 5.32 Å². The molecule has 0 atom stereocenters. The van der Waals surface area contributed by atoms with Crippen LogP contribution in [0.3, 0.4) is 0 Å². The van der Waals surface area contributed by atoms with Crippen molar-refractivity contribution in [2.24, 2.45) is 5.92 Å². The summed E-state index contributed by atoms with van der Waals surface area (Å²) in [4.78, 5) is 34.0. The van der Waals surface area contributed by atoms with Crippen LogP contribution in [0.1, 0.15) is 24.2 Å². The van der Waals surface area contributed by atoms with Crippen molar-refractivity contribution in [3.63, 3.8) is 0 Å². The summed E-state index contributed by atoms with van der Waals surface area (Å²) in [7, 11) is 0. The third-order valence-electron chi connectivity index (χ3n) is 2.11. The minimum Gasteiger partial charge on any atom is -0.455 e. The fraction of sp³-hybridized carbons (Fsp3) is 0.308. The molecule has 0 saturated heterocycles. The standard InChI is InChI=1S/C13H15NO4/c1-9(2)13(17)18-8-11(15)14-12(16)10-6-4-3-5-7-10/h3-7,9H,8H2,1-2H3,(H,14,15,16). The van der Waals surface area contributed by atoms with Gasteiger partial charge in [-0.1, -0.05) is 32.0 Å². The Bertz CT molecular complexity index is 440. The Kier molecular flexibility index (Phi) is 5.05. The highest BCUT2D eigenvalue weighted by molar-refractivity contribution is 6.05. The van der Waals surface area contributed by atoms with Gasteiger partial charge in [0.15, 0.2) is 6.61 Å². The third kappa shape index (κ3) is 4.37. The first-order chi connectivity index (χ1) is 8.50. The molecule has 1 rings (SSSR count). The number of ether oxygens (including phenoxy) is 1. The number of hydrogen-bond donors (Lipinski definition) is 1. The predicted octanol–water partition coefficient (Wildman–Crippen LogP) is 1.14. The van der Waals surface area contributed by atoms with Crippen molar-refractivity contribution in [2.45, 2.75) is 13.8 Å². The van der Waals surface area contributed by atoms with E-state index in [1.54, 1.807) is 44.2 Å². The molecule has 0 fully saturated rings. The lowest BCUT2D eigenvalue weighted by Crippen LogP contribution is -2.34. The third-order valence-corrected chi connectivity index (χ3v) is 2.11. The average Bonchev–Trinajstić information content (AvgIpc) is 2.36. The first kappa shape index (κ1) is 13.9. The van der Waals surface area contributed by atoms with E-state index in [0.717, 1.165) is 0 Å². The fourth-order valence-electron chi connectivity index (χ4n) is 1.13.